The first-order valence-electron chi connectivity index (χ1n) is 8.54. The molecule has 0 radical (unpaired) electrons. The Morgan fingerprint density at radius 1 is 0.889 bits per heavy atom. The SMILES string of the molecule is CO/C=C(/C(=O)OC)c1cccc2cc(-c3ccc4ccccc4c3)oc12. The normalized spacial score (nSPS) is 11.7. The van der Waals surface area contributed by atoms with Crippen LogP contribution in [0.25, 0.3) is 38.6 Å². The average Bonchev–Trinajstić information content (AvgIpc) is 3.15. The number of methoxy groups -OCH3 is 2. The van der Waals surface area contributed by atoms with E-state index in [-0.39, 0.29) is 0 Å². The molecule has 134 valence electrons. The summed E-state index contributed by atoms with van der Waals surface area (Å²) in [7, 11) is 2.83. The summed E-state index contributed by atoms with van der Waals surface area (Å²) in [5.74, 6) is 0.262. The van der Waals surface area contributed by atoms with Crippen molar-refractivity contribution in [2.45, 2.75) is 0 Å². The topological polar surface area (TPSA) is 48.7 Å². The van der Waals surface area contributed by atoms with E-state index in [2.05, 4.69) is 24.3 Å². The number of hydrogen-bond acceptors (Lipinski definition) is 4. The van der Waals surface area contributed by atoms with Gasteiger partial charge in [-0.25, -0.2) is 4.79 Å². The summed E-state index contributed by atoms with van der Waals surface area (Å²) < 4.78 is 16.1. The van der Waals surface area contributed by atoms with Crippen molar-refractivity contribution in [2.75, 3.05) is 14.2 Å². The Kier molecular flexibility index (Phi) is 4.38. The molecule has 0 aliphatic carbocycles. The summed E-state index contributed by atoms with van der Waals surface area (Å²) >= 11 is 0. The maximum Gasteiger partial charge on any atom is 0.341 e. The molecule has 0 unspecified atom stereocenters. The number of hydrogen-bond donors (Lipinski definition) is 0. The van der Waals surface area contributed by atoms with Crippen LogP contribution in [0.3, 0.4) is 0 Å². The molecule has 0 aliphatic rings. The van der Waals surface area contributed by atoms with E-state index in [4.69, 9.17) is 13.9 Å². The Morgan fingerprint density at radius 2 is 1.67 bits per heavy atom. The van der Waals surface area contributed by atoms with Gasteiger partial charge in [0.15, 0.2) is 0 Å². The first kappa shape index (κ1) is 16.9. The molecular weight excluding hydrogens is 340 g/mol. The first-order chi connectivity index (χ1) is 13.2. The van der Waals surface area contributed by atoms with Gasteiger partial charge in [-0.15, -0.1) is 0 Å². The number of carbonyl (C=O) groups excluding carboxylic acids is 1. The Balaban J connectivity index is 1.87. The Hall–Kier alpha value is -3.53. The van der Waals surface area contributed by atoms with Gasteiger partial charge in [0, 0.05) is 16.5 Å². The standard InChI is InChI=1S/C23H18O4/c1-25-14-20(23(24)26-2)19-9-5-8-18-13-21(27-22(18)19)17-11-10-15-6-3-4-7-16(15)12-17/h3-14H,1-2H3/b20-14+. The van der Waals surface area contributed by atoms with Crippen LogP contribution in [0.4, 0.5) is 0 Å². The second kappa shape index (κ2) is 7.00. The predicted octanol–water partition coefficient (Wildman–Crippen LogP) is 5.41. The van der Waals surface area contributed by atoms with Gasteiger partial charge in [-0.1, -0.05) is 54.6 Å². The van der Waals surface area contributed by atoms with Crippen molar-refractivity contribution in [3.8, 4) is 11.3 Å². The number of furan rings is 1. The van der Waals surface area contributed by atoms with Gasteiger partial charge in [0.1, 0.15) is 16.9 Å². The lowest BCUT2D eigenvalue weighted by Crippen LogP contribution is -2.04. The van der Waals surface area contributed by atoms with E-state index in [9.17, 15) is 4.79 Å². The van der Waals surface area contributed by atoms with Crippen LogP contribution in [0.5, 0.6) is 0 Å². The minimum atomic E-state index is -0.479. The number of ether oxygens (including phenoxy) is 2. The van der Waals surface area contributed by atoms with E-state index >= 15 is 0 Å². The summed E-state index contributed by atoms with van der Waals surface area (Å²) in [4.78, 5) is 12.2. The fraction of sp³-hybridized carbons (Fsp3) is 0.0870. The third kappa shape index (κ3) is 3.06. The highest BCUT2D eigenvalue weighted by Crippen LogP contribution is 2.34. The zero-order valence-electron chi connectivity index (χ0n) is 15.1. The zero-order valence-corrected chi connectivity index (χ0v) is 15.1. The first-order valence-corrected chi connectivity index (χ1v) is 8.54. The van der Waals surface area contributed by atoms with Gasteiger partial charge in [-0.05, 0) is 22.9 Å². The average molecular weight is 358 g/mol. The molecule has 4 aromatic rings. The minimum Gasteiger partial charge on any atom is -0.503 e. The summed E-state index contributed by atoms with van der Waals surface area (Å²) in [6.45, 7) is 0. The lowest BCUT2D eigenvalue weighted by Gasteiger charge is -2.06. The van der Waals surface area contributed by atoms with Gasteiger partial charge in [-0.2, -0.15) is 0 Å². The molecule has 3 aromatic carbocycles. The van der Waals surface area contributed by atoms with Crippen LogP contribution >= 0.6 is 0 Å². The quantitative estimate of drug-likeness (QED) is 0.278. The van der Waals surface area contributed by atoms with E-state index in [0.717, 1.165) is 22.1 Å². The van der Waals surface area contributed by atoms with E-state index in [1.807, 2.05) is 42.5 Å². The van der Waals surface area contributed by atoms with Crippen LogP contribution in [0.1, 0.15) is 5.56 Å². The van der Waals surface area contributed by atoms with Crippen molar-refractivity contribution >= 4 is 33.3 Å². The molecule has 4 nitrogen and oxygen atoms in total. The molecule has 0 aliphatic heterocycles. The molecular formula is C23H18O4. The number of esters is 1. The molecule has 4 rings (SSSR count). The molecule has 0 N–H and O–H groups in total. The summed E-state index contributed by atoms with van der Waals surface area (Å²) in [5, 5.41) is 3.22. The number of carbonyl (C=O) groups is 1. The Labute approximate surface area is 156 Å². The maximum absolute atomic E-state index is 12.2. The maximum atomic E-state index is 12.2. The third-order valence-electron chi connectivity index (χ3n) is 4.51. The molecule has 0 amide bonds. The fourth-order valence-electron chi connectivity index (χ4n) is 3.21. The number of rotatable bonds is 4. The van der Waals surface area contributed by atoms with Crippen molar-refractivity contribution < 1.29 is 18.7 Å². The van der Waals surface area contributed by atoms with Crippen LogP contribution in [0.2, 0.25) is 0 Å². The van der Waals surface area contributed by atoms with Gasteiger partial charge in [0.25, 0.3) is 0 Å². The second-order valence-electron chi connectivity index (χ2n) is 6.16. The Bertz CT molecular complexity index is 1170. The highest BCUT2D eigenvalue weighted by molar-refractivity contribution is 6.19. The van der Waals surface area contributed by atoms with E-state index in [1.165, 1.54) is 25.9 Å². The summed E-state index contributed by atoms with van der Waals surface area (Å²) in [6.07, 6.45) is 1.37. The van der Waals surface area contributed by atoms with Crippen molar-refractivity contribution in [3.63, 3.8) is 0 Å². The van der Waals surface area contributed by atoms with Gasteiger partial charge < -0.3 is 13.9 Å². The van der Waals surface area contributed by atoms with Crippen LogP contribution in [0.15, 0.2) is 77.4 Å². The van der Waals surface area contributed by atoms with Gasteiger partial charge in [0.05, 0.1) is 20.5 Å². The van der Waals surface area contributed by atoms with Crippen LogP contribution < -0.4 is 0 Å². The van der Waals surface area contributed by atoms with Crippen LogP contribution in [-0.2, 0) is 14.3 Å². The number of para-hydroxylation sites is 1. The minimum absolute atomic E-state index is 0.310. The zero-order chi connectivity index (χ0) is 18.8. The molecule has 0 saturated carbocycles. The van der Waals surface area contributed by atoms with Crippen molar-refractivity contribution in [1.82, 2.24) is 0 Å². The van der Waals surface area contributed by atoms with Crippen molar-refractivity contribution in [3.05, 3.63) is 78.6 Å². The number of benzene rings is 3. The fourth-order valence-corrected chi connectivity index (χ4v) is 3.21. The van der Waals surface area contributed by atoms with E-state index in [1.54, 1.807) is 0 Å². The van der Waals surface area contributed by atoms with Crippen molar-refractivity contribution in [1.29, 1.82) is 0 Å². The largest absolute Gasteiger partial charge is 0.503 e. The smallest absolute Gasteiger partial charge is 0.341 e. The molecule has 1 aromatic heterocycles. The second-order valence-corrected chi connectivity index (χ2v) is 6.16. The molecule has 1 heterocycles. The van der Waals surface area contributed by atoms with Crippen LogP contribution in [0, 0.1) is 0 Å². The Morgan fingerprint density at radius 3 is 2.44 bits per heavy atom. The van der Waals surface area contributed by atoms with Gasteiger partial charge in [0.2, 0.25) is 0 Å². The highest BCUT2D eigenvalue weighted by Gasteiger charge is 2.19. The van der Waals surface area contributed by atoms with Gasteiger partial charge >= 0.3 is 5.97 Å². The lowest BCUT2D eigenvalue weighted by atomic mass is 10.0. The molecule has 0 bridgehead atoms. The highest BCUT2D eigenvalue weighted by atomic mass is 16.5. The molecule has 0 atom stereocenters. The molecule has 4 heteroatoms. The van der Waals surface area contributed by atoms with Crippen LogP contribution in [-0.4, -0.2) is 20.2 Å². The third-order valence-corrected chi connectivity index (χ3v) is 4.51. The lowest BCUT2D eigenvalue weighted by molar-refractivity contribution is -0.133. The molecule has 0 spiro atoms. The monoisotopic (exact) mass is 358 g/mol. The number of fused-ring (bicyclic) bond motifs is 2. The summed E-state index contributed by atoms with van der Waals surface area (Å²) in [5.41, 5.74) is 2.54. The predicted molar refractivity (Wildman–Crippen MR) is 106 cm³/mol. The molecule has 0 saturated heterocycles. The van der Waals surface area contributed by atoms with E-state index < -0.39 is 5.97 Å². The molecule has 27 heavy (non-hydrogen) atoms. The van der Waals surface area contributed by atoms with Gasteiger partial charge in [-0.3, -0.25) is 0 Å². The summed E-state index contributed by atoms with van der Waals surface area (Å²) in [6, 6.07) is 22.0. The van der Waals surface area contributed by atoms with E-state index in [0.29, 0.717) is 16.7 Å². The van der Waals surface area contributed by atoms with Crippen molar-refractivity contribution in [2.24, 2.45) is 0 Å². The molecule has 0 fully saturated rings.